The van der Waals surface area contributed by atoms with Crippen LogP contribution in [0.1, 0.15) is 12.8 Å². The van der Waals surface area contributed by atoms with Gasteiger partial charge in [-0.2, -0.15) is 0 Å². The number of nitrogens with one attached hydrogen (secondary N) is 2. The Hall–Kier alpha value is -0.320. The third kappa shape index (κ3) is 3.97. The van der Waals surface area contributed by atoms with Crippen molar-refractivity contribution in [1.82, 2.24) is 10.3 Å². The largest absolute Gasteiger partial charge is 0.366 e. The summed E-state index contributed by atoms with van der Waals surface area (Å²) in [5, 5.41) is 6.78. The zero-order chi connectivity index (χ0) is 9.80. The molecule has 5 heteroatoms. The van der Waals surface area contributed by atoms with Crippen LogP contribution in [0.15, 0.2) is 22.8 Å². The molecule has 0 aliphatic carbocycles. The molecule has 1 aromatic heterocycles. The minimum Gasteiger partial charge on any atom is -0.366 e. The quantitative estimate of drug-likeness (QED) is 0.879. The van der Waals surface area contributed by atoms with E-state index in [1.165, 1.54) is 12.8 Å². The molecule has 84 valence electrons. The van der Waals surface area contributed by atoms with E-state index in [-0.39, 0.29) is 12.4 Å². The molecular weight excluding hydrogens is 277 g/mol. The molecule has 2 heterocycles. The summed E-state index contributed by atoms with van der Waals surface area (Å²) >= 11 is 3.37. The first kappa shape index (κ1) is 12.7. The van der Waals surface area contributed by atoms with Crippen molar-refractivity contribution in [3.63, 3.8) is 0 Å². The van der Waals surface area contributed by atoms with E-state index in [0.717, 1.165) is 23.4 Å². The van der Waals surface area contributed by atoms with Crippen LogP contribution >= 0.6 is 28.3 Å². The number of hydrogen-bond donors (Lipinski definition) is 2. The van der Waals surface area contributed by atoms with Gasteiger partial charge in [0.2, 0.25) is 0 Å². The maximum atomic E-state index is 4.29. The normalized spacial score (nSPS) is 20.5. The molecule has 1 aliphatic rings. The van der Waals surface area contributed by atoms with E-state index < -0.39 is 0 Å². The zero-order valence-electron chi connectivity index (χ0n) is 8.37. The molecule has 0 aromatic carbocycles. The van der Waals surface area contributed by atoms with Crippen molar-refractivity contribution in [1.29, 1.82) is 0 Å². The van der Waals surface area contributed by atoms with Gasteiger partial charge in [0.15, 0.2) is 0 Å². The zero-order valence-corrected chi connectivity index (χ0v) is 10.8. The highest BCUT2D eigenvalue weighted by molar-refractivity contribution is 9.10. The van der Waals surface area contributed by atoms with Gasteiger partial charge in [-0.05, 0) is 47.4 Å². The molecule has 15 heavy (non-hydrogen) atoms. The minimum atomic E-state index is 0. The summed E-state index contributed by atoms with van der Waals surface area (Å²) in [6, 6.07) is 4.53. The fourth-order valence-electron chi connectivity index (χ4n) is 1.65. The van der Waals surface area contributed by atoms with Gasteiger partial charge in [0, 0.05) is 23.3 Å². The van der Waals surface area contributed by atoms with Crippen LogP contribution in [0.3, 0.4) is 0 Å². The molecule has 0 radical (unpaired) electrons. The summed E-state index contributed by atoms with van der Waals surface area (Å²) in [7, 11) is 0. The highest BCUT2D eigenvalue weighted by Crippen LogP contribution is 2.13. The Morgan fingerprint density at radius 3 is 2.93 bits per heavy atom. The third-order valence-electron chi connectivity index (χ3n) is 2.38. The molecule has 1 saturated heterocycles. The van der Waals surface area contributed by atoms with E-state index in [1.807, 2.05) is 18.3 Å². The van der Waals surface area contributed by atoms with E-state index in [4.69, 9.17) is 0 Å². The van der Waals surface area contributed by atoms with Crippen LogP contribution in [0.2, 0.25) is 0 Å². The molecular formula is C10H15BrClN3. The first-order chi connectivity index (χ1) is 6.84. The molecule has 1 unspecified atom stereocenters. The van der Waals surface area contributed by atoms with E-state index in [0.29, 0.717) is 6.04 Å². The standard InChI is InChI=1S/C10H14BrN3.ClH/c11-8-3-4-10(13-6-8)14-9-2-1-5-12-7-9;/h3-4,6,9,12H,1-2,5,7H2,(H,13,14);1H. The third-order valence-corrected chi connectivity index (χ3v) is 2.85. The lowest BCUT2D eigenvalue weighted by molar-refractivity contribution is 0.479. The molecule has 2 N–H and O–H groups in total. The maximum absolute atomic E-state index is 4.29. The van der Waals surface area contributed by atoms with Gasteiger partial charge in [-0.1, -0.05) is 0 Å². The van der Waals surface area contributed by atoms with E-state index in [9.17, 15) is 0 Å². The van der Waals surface area contributed by atoms with Crippen LogP contribution in [0.5, 0.6) is 0 Å². The number of piperidine rings is 1. The van der Waals surface area contributed by atoms with Gasteiger partial charge in [0.05, 0.1) is 0 Å². The lowest BCUT2D eigenvalue weighted by atomic mass is 10.1. The summed E-state index contributed by atoms with van der Waals surface area (Å²) in [4.78, 5) is 4.29. The van der Waals surface area contributed by atoms with E-state index in [1.54, 1.807) is 0 Å². The van der Waals surface area contributed by atoms with Crippen LogP contribution in [-0.4, -0.2) is 24.1 Å². The smallest absolute Gasteiger partial charge is 0.126 e. The van der Waals surface area contributed by atoms with Crippen LogP contribution in [0, 0.1) is 0 Å². The second-order valence-corrected chi connectivity index (χ2v) is 4.46. The van der Waals surface area contributed by atoms with E-state index >= 15 is 0 Å². The summed E-state index contributed by atoms with van der Waals surface area (Å²) < 4.78 is 1.02. The Morgan fingerprint density at radius 2 is 2.33 bits per heavy atom. The predicted octanol–water partition coefficient (Wildman–Crippen LogP) is 2.43. The number of nitrogens with zero attached hydrogens (tertiary/aromatic N) is 1. The van der Waals surface area contributed by atoms with Gasteiger partial charge in [-0.15, -0.1) is 12.4 Å². The van der Waals surface area contributed by atoms with Gasteiger partial charge < -0.3 is 10.6 Å². The first-order valence-electron chi connectivity index (χ1n) is 4.93. The minimum absolute atomic E-state index is 0. The lowest BCUT2D eigenvalue weighted by Gasteiger charge is -2.24. The Bertz CT molecular complexity index is 285. The van der Waals surface area contributed by atoms with Gasteiger partial charge >= 0.3 is 0 Å². The highest BCUT2D eigenvalue weighted by atomic mass is 79.9. The van der Waals surface area contributed by atoms with Crippen molar-refractivity contribution < 1.29 is 0 Å². The summed E-state index contributed by atoms with van der Waals surface area (Å²) in [6.07, 6.45) is 4.29. The number of halogens is 2. The summed E-state index contributed by atoms with van der Waals surface area (Å²) in [6.45, 7) is 2.18. The number of hydrogen-bond acceptors (Lipinski definition) is 3. The fourth-order valence-corrected chi connectivity index (χ4v) is 1.88. The maximum Gasteiger partial charge on any atom is 0.126 e. The number of rotatable bonds is 2. The first-order valence-corrected chi connectivity index (χ1v) is 5.73. The van der Waals surface area contributed by atoms with Crippen LogP contribution < -0.4 is 10.6 Å². The molecule has 0 amide bonds. The average molecular weight is 293 g/mol. The number of aromatic nitrogens is 1. The molecule has 3 nitrogen and oxygen atoms in total. The van der Waals surface area contributed by atoms with Crippen molar-refractivity contribution in [3.8, 4) is 0 Å². The lowest BCUT2D eigenvalue weighted by Crippen LogP contribution is -2.38. The summed E-state index contributed by atoms with van der Waals surface area (Å²) in [5.74, 6) is 0.960. The second kappa shape index (κ2) is 6.30. The van der Waals surface area contributed by atoms with Crippen molar-refractivity contribution in [2.45, 2.75) is 18.9 Å². The van der Waals surface area contributed by atoms with Crippen molar-refractivity contribution >= 4 is 34.2 Å². The average Bonchev–Trinajstić information content (AvgIpc) is 2.23. The molecule has 1 atom stereocenters. The topological polar surface area (TPSA) is 37.0 Å². The predicted molar refractivity (Wildman–Crippen MR) is 68.7 cm³/mol. The van der Waals surface area contributed by atoms with Gasteiger partial charge in [-0.25, -0.2) is 4.98 Å². The molecule has 0 spiro atoms. The molecule has 0 saturated carbocycles. The van der Waals surface area contributed by atoms with E-state index in [2.05, 4.69) is 31.5 Å². The van der Waals surface area contributed by atoms with Gasteiger partial charge in [0.25, 0.3) is 0 Å². The van der Waals surface area contributed by atoms with Crippen LogP contribution in [0.25, 0.3) is 0 Å². The van der Waals surface area contributed by atoms with Crippen molar-refractivity contribution in [2.75, 3.05) is 18.4 Å². The molecule has 1 fully saturated rings. The fraction of sp³-hybridized carbons (Fsp3) is 0.500. The SMILES string of the molecule is Brc1ccc(NC2CCCNC2)nc1.Cl. The molecule has 1 aliphatic heterocycles. The number of anilines is 1. The highest BCUT2D eigenvalue weighted by Gasteiger charge is 2.12. The monoisotopic (exact) mass is 291 g/mol. The number of pyridine rings is 1. The van der Waals surface area contributed by atoms with Crippen LogP contribution in [0.4, 0.5) is 5.82 Å². The summed E-state index contributed by atoms with van der Waals surface area (Å²) in [5.41, 5.74) is 0. The Balaban J connectivity index is 0.00000112. The van der Waals surface area contributed by atoms with Gasteiger partial charge in [0.1, 0.15) is 5.82 Å². The Morgan fingerprint density at radius 1 is 1.47 bits per heavy atom. The molecule has 0 bridgehead atoms. The molecule has 2 rings (SSSR count). The van der Waals surface area contributed by atoms with Gasteiger partial charge in [-0.3, -0.25) is 0 Å². The van der Waals surface area contributed by atoms with Crippen molar-refractivity contribution in [3.05, 3.63) is 22.8 Å². The molecule has 1 aromatic rings. The Kier molecular flexibility index (Phi) is 5.36. The Labute approximate surface area is 105 Å². The van der Waals surface area contributed by atoms with Crippen molar-refractivity contribution in [2.24, 2.45) is 0 Å². The van der Waals surface area contributed by atoms with Crippen LogP contribution in [-0.2, 0) is 0 Å². The second-order valence-electron chi connectivity index (χ2n) is 3.55.